The Morgan fingerprint density at radius 1 is 1.28 bits per heavy atom. The first kappa shape index (κ1) is 13.4. The van der Waals surface area contributed by atoms with Gasteiger partial charge in [0.1, 0.15) is 10.5 Å². The number of aromatic nitrogens is 2. The van der Waals surface area contributed by atoms with Gasteiger partial charge in [-0.15, -0.1) is 0 Å². The lowest BCUT2D eigenvalue weighted by atomic mass is 10.1. The van der Waals surface area contributed by atoms with Crippen LogP contribution in [0.15, 0.2) is 28.7 Å². The number of hydrogen-bond donors (Lipinski definition) is 1. The van der Waals surface area contributed by atoms with Crippen LogP contribution in [0.1, 0.15) is 31.0 Å². The van der Waals surface area contributed by atoms with Gasteiger partial charge in [0.05, 0.1) is 0 Å². The van der Waals surface area contributed by atoms with Crippen molar-refractivity contribution in [2.45, 2.75) is 26.7 Å². The number of aryl methyl sites for hydroxylation is 1. The van der Waals surface area contributed by atoms with E-state index in [2.05, 4.69) is 64.9 Å². The van der Waals surface area contributed by atoms with E-state index in [4.69, 9.17) is 12.2 Å². The van der Waals surface area contributed by atoms with E-state index < -0.39 is 0 Å². The van der Waals surface area contributed by atoms with Crippen LogP contribution in [-0.4, -0.2) is 9.97 Å². The highest BCUT2D eigenvalue weighted by molar-refractivity contribution is 9.10. The Morgan fingerprint density at radius 3 is 2.61 bits per heavy atom. The van der Waals surface area contributed by atoms with E-state index in [-0.39, 0.29) is 0 Å². The molecule has 0 amide bonds. The van der Waals surface area contributed by atoms with Crippen molar-refractivity contribution in [3.63, 3.8) is 0 Å². The fraction of sp³-hybridized carbons (Fsp3) is 0.286. The summed E-state index contributed by atoms with van der Waals surface area (Å²) in [4.78, 5) is 7.76. The van der Waals surface area contributed by atoms with E-state index >= 15 is 0 Å². The molecule has 2 rings (SSSR count). The van der Waals surface area contributed by atoms with E-state index in [0.29, 0.717) is 10.6 Å². The SMILES string of the molecule is Cc1ccc(-c2nc(=S)cc(C(C)C)[nH]2)c(Br)c1. The highest BCUT2D eigenvalue weighted by Crippen LogP contribution is 2.27. The average molecular weight is 323 g/mol. The third kappa shape index (κ3) is 2.87. The van der Waals surface area contributed by atoms with Gasteiger partial charge in [0.2, 0.25) is 0 Å². The lowest BCUT2D eigenvalue weighted by molar-refractivity contribution is 0.815. The Morgan fingerprint density at radius 2 is 2.00 bits per heavy atom. The van der Waals surface area contributed by atoms with Gasteiger partial charge in [0.25, 0.3) is 0 Å². The first-order valence-electron chi connectivity index (χ1n) is 5.85. The fourth-order valence-electron chi connectivity index (χ4n) is 1.73. The highest BCUT2D eigenvalue weighted by Gasteiger charge is 2.08. The second kappa shape index (κ2) is 5.33. The van der Waals surface area contributed by atoms with Gasteiger partial charge in [-0.3, -0.25) is 0 Å². The van der Waals surface area contributed by atoms with E-state index in [1.54, 1.807) is 0 Å². The van der Waals surface area contributed by atoms with E-state index in [1.165, 1.54) is 5.56 Å². The molecule has 4 heteroatoms. The minimum Gasteiger partial charge on any atom is -0.343 e. The molecule has 2 aromatic rings. The van der Waals surface area contributed by atoms with Crippen LogP contribution in [-0.2, 0) is 0 Å². The molecule has 0 aliphatic heterocycles. The highest BCUT2D eigenvalue weighted by atomic mass is 79.9. The number of hydrogen-bond acceptors (Lipinski definition) is 2. The number of H-pyrrole nitrogens is 1. The lowest BCUT2D eigenvalue weighted by Crippen LogP contribution is -1.98. The van der Waals surface area contributed by atoms with Crippen molar-refractivity contribution in [1.29, 1.82) is 0 Å². The molecule has 0 bridgehead atoms. The quantitative estimate of drug-likeness (QED) is 0.788. The van der Waals surface area contributed by atoms with Gasteiger partial charge in [0.15, 0.2) is 0 Å². The Bertz CT molecular complexity index is 632. The summed E-state index contributed by atoms with van der Waals surface area (Å²) in [5.41, 5.74) is 3.36. The van der Waals surface area contributed by atoms with Crippen LogP contribution in [0.4, 0.5) is 0 Å². The molecular formula is C14H15BrN2S. The maximum Gasteiger partial charge on any atom is 0.140 e. The number of benzene rings is 1. The average Bonchev–Trinajstić information content (AvgIpc) is 2.27. The molecule has 0 saturated carbocycles. The number of nitrogens with zero attached hydrogens (tertiary/aromatic N) is 1. The minimum atomic E-state index is 0.401. The summed E-state index contributed by atoms with van der Waals surface area (Å²) in [5.74, 6) is 1.22. The molecule has 0 radical (unpaired) electrons. The second-order valence-electron chi connectivity index (χ2n) is 4.66. The van der Waals surface area contributed by atoms with Crippen molar-refractivity contribution in [1.82, 2.24) is 9.97 Å². The van der Waals surface area contributed by atoms with Gasteiger partial charge in [-0.2, -0.15) is 0 Å². The third-order valence-corrected chi connectivity index (χ3v) is 3.63. The Labute approximate surface area is 121 Å². The minimum absolute atomic E-state index is 0.401. The van der Waals surface area contributed by atoms with E-state index in [1.807, 2.05) is 6.07 Å². The van der Waals surface area contributed by atoms with Crippen molar-refractivity contribution >= 4 is 28.1 Å². The van der Waals surface area contributed by atoms with Gasteiger partial charge in [-0.25, -0.2) is 4.98 Å². The molecule has 94 valence electrons. The molecule has 0 aliphatic carbocycles. The van der Waals surface area contributed by atoms with Crippen molar-refractivity contribution < 1.29 is 0 Å². The van der Waals surface area contributed by atoms with Crippen LogP contribution in [0.2, 0.25) is 0 Å². The second-order valence-corrected chi connectivity index (χ2v) is 5.93. The zero-order valence-corrected chi connectivity index (χ0v) is 13.0. The summed E-state index contributed by atoms with van der Waals surface area (Å²) >= 11 is 8.80. The van der Waals surface area contributed by atoms with Gasteiger partial charge >= 0.3 is 0 Å². The lowest BCUT2D eigenvalue weighted by Gasteiger charge is -2.10. The van der Waals surface area contributed by atoms with Gasteiger partial charge in [-0.05, 0) is 36.6 Å². The Hall–Kier alpha value is -1.00. The van der Waals surface area contributed by atoms with Crippen LogP contribution in [0.5, 0.6) is 0 Å². The molecule has 0 aliphatic rings. The Kier molecular flexibility index (Phi) is 3.97. The number of aromatic amines is 1. The molecule has 1 aromatic carbocycles. The van der Waals surface area contributed by atoms with Crippen LogP contribution < -0.4 is 0 Å². The summed E-state index contributed by atoms with van der Waals surface area (Å²) < 4.78 is 1.65. The van der Waals surface area contributed by atoms with E-state index in [0.717, 1.165) is 21.6 Å². The summed E-state index contributed by atoms with van der Waals surface area (Å²) in [6.45, 7) is 6.33. The molecular weight excluding hydrogens is 308 g/mol. The van der Waals surface area contributed by atoms with Gasteiger partial charge in [0, 0.05) is 15.7 Å². The summed E-state index contributed by atoms with van der Waals surface area (Å²) in [6, 6.07) is 8.12. The predicted octanol–water partition coefficient (Wildman–Crippen LogP) is 5.00. The maximum atomic E-state index is 5.23. The fourth-order valence-corrected chi connectivity index (χ4v) is 2.63. The summed E-state index contributed by atoms with van der Waals surface area (Å²) in [6.07, 6.45) is 0. The Balaban J connectivity index is 2.60. The van der Waals surface area contributed by atoms with Crippen molar-refractivity contribution in [3.8, 4) is 11.4 Å². The molecule has 0 fully saturated rings. The number of rotatable bonds is 2. The largest absolute Gasteiger partial charge is 0.343 e. The molecule has 1 heterocycles. The molecule has 0 unspecified atom stereocenters. The first-order chi connectivity index (χ1) is 8.47. The molecule has 2 nitrogen and oxygen atoms in total. The zero-order valence-electron chi connectivity index (χ0n) is 10.6. The molecule has 18 heavy (non-hydrogen) atoms. The molecule has 0 atom stereocenters. The summed E-state index contributed by atoms with van der Waals surface area (Å²) in [5, 5.41) is 0. The molecule has 0 saturated heterocycles. The smallest absolute Gasteiger partial charge is 0.140 e. The number of halogens is 1. The monoisotopic (exact) mass is 322 g/mol. The third-order valence-electron chi connectivity index (χ3n) is 2.77. The van der Waals surface area contributed by atoms with Gasteiger partial charge < -0.3 is 4.98 Å². The van der Waals surface area contributed by atoms with E-state index in [9.17, 15) is 0 Å². The number of nitrogens with one attached hydrogen (secondary N) is 1. The van der Waals surface area contributed by atoms with Crippen molar-refractivity contribution in [2.24, 2.45) is 0 Å². The van der Waals surface area contributed by atoms with Crippen molar-refractivity contribution in [2.75, 3.05) is 0 Å². The standard InChI is InChI=1S/C14H15BrN2S/c1-8(2)12-7-13(18)17-14(16-12)10-5-4-9(3)6-11(10)15/h4-8H,1-3H3,(H,16,17,18). The topological polar surface area (TPSA) is 28.7 Å². The van der Waals surface area contributed by atoms with Crippen LogP contribution in [0.3, 0.4) is 0 Å². The zero-order chi connectivity index (χ0) is 13.3. The predicted molar refractivity (Wildman–Crippen MR) is 81.4 cm³/mol. The van der Waals surface area contributed by atoms with Crippen LogP contribution >= 0.6 is 28.1 Å². The molecule has 1 aromatic heterocycles. The maximum absolute atomic E-state index is 5.23. The molecule has 1 N–H and O–H groups in total. The van der Waals surface area contributed by atoms with Crippen molar-refractivity contribution in [3.05, 3.63) is 44.6 Å². The molecule has 0 spiro atoms. The van der Waals surface area contributed by atoms with Gasteiger partial charge in [-0.1, -0.05) is 48.1 Å². The van der Waals surface area contributed by atoms with Crippen LogP contribution in [0, 0.1) is 11.6 Å². The first-order valence-corrected chi connectivity index (χ1v) is 7.05. The van der Waals surface area contributed by atoms with Crippen LogP contribution in [0.25, 0.3) is 11.4 Å². The summed E-state index contributed by atoms with van der Waals surface area (Å²) in [7, 11) is 0. The normalized spacial score (nSPS) is 10.9.